The Balaban J connectivity index is 0.000000270. The van der Waals surface area contributed by atoms with Crippen molar-refractivity contribution in [1.29, 1.82) is 0 Å². The standard InChI is InChI=1S/C42H31N.C13H12.2C2H6/c1-28-12-6-8-16-35(28)38-27-34(25-20-29(38)2)43-40-19-11-10-18-37(40)39-26-33-15-7-9-17-36(33)41(42(39)43)32-23-21-31(22-24-32)30-13-4-3-5-14-30;1-11-7-9-13(10-8-11)12-5-3-2-4-6-12;2*1-2/h3-27H,1-2H3;2-10H,1H3;2*1-2H3. The van der Waals surface area contributed by atoms with Gasteiger partial charge in [-0.2, -0.15) is 0 Å². The fraction of sp³-hybridized carbons (Fsp3) is 0.119. The summed E-state index contributed by atoms with van der Waals surface area (Å²) in [7, 11) is 0. The van der Waals surface area contributed by atoms with E-state index in [0.29, 0.717) is 0 Å². The normalized spacial score (nSPS) is 10.6. The van der Waals surface area contributed by atoms with Gasteiger partial charge in [-0.05, 0) is 106 Å². The molecule has 10 rings (SSSR count). The fourth-order valence-electron chi connectivity index (χ4n) is 8.10. The molecule has 1 heteroatoms. The highest BCUT2D eigenvalue weighted by molar-refractivity contribution is 6.21. The van der Waals surface area contributed by atoms with Crippen LogP contribution in [0.15, 0.2) is 206 Å². The van der Waals surface area contributed by atoms with Crippen molar-refractivity contribution in [2.45, 2.75) is 48.5 Å². The second kappa shape index (κ2) is 19.2. The highest BCUT2D eigenvalue weighted by Gasteiger charge is 2.20. The molecule has 0 saturated heterocycles. The molecular weight excluding hydrogens is 723 g/mol. The molecule has 0 aliphatic rings. The number of benzene rings is 9. The lowest BCUT2D eigenvalue weighted by molar-refractivity contribution is 1.18. The molecule has 1 nitrogen and oxygen atoms in total. The van der Waals surface area contributed by atoms with Crippen LogP contribution in [0.3, 0.4) is 0 Å². The van der Waals surface area contributed by atoms with E-state index in [0.717, 1.165) is 0 Å². The lowest BCUT2D eigenvalue weighted by atomic mass is 9.93. The summed E-state index contributed by atoms with van der Waals surface area (Å²) in [4.78, 5) is 0. The highest BCUT2D eigenvalue weighted by atomic mass is 15.0. The number of rotatable bonds is 5. The van der Waals surface area contributed by atoms with Crippen LogP contribution in [0.2, 0.25) is 0 Å². The topological polar surface area (TPSA) is 4.93 Å². The summed E-state index contributed by atoms with van der Waals surface area (Å²) in [5, 5.41) is 5.06. The number of para-hydroxylation sites is 1. The van der Waals surface area contributed by atoms with Crippen molar-refractivity contribution in [3.8, 4) is 50.2 Å². The maximum atomic E-state index is 2.48. The first-order valence-corrected chi connectivity index (χ1v) is 21.4. The number of aryl methyl sites for hydroxylation is 3. The van der Waals surface area contributed by atoms with Gasteiger partial charge in [-0.15, -0.1) is 0 Å². The van der Waals surface area contributed by atoms with Gasteiger partial charge >= 0.3 is 0 Å². The first-order chi connectivity index (χ1) is 29.5. The van der Waals surface area contributed by atoms with Crippen LogP contribution in [0.4, 0.5) is 0 Å². The van der Waals surface area contributed by atoms with E-state index in [9.17, 15) is 0 Å². The van der Waals surface area contributed by atoms with Crippen LogP contribution in [0.25, 0.3) is 82.8 Å². The maximum Gasteiger partial charge on any atom is 0.0625 e. The maximum absolute atomic E-state index is 2.48. The van der Waals surface area contributed by atoms with E-state index in [1.165, 1.54) is 99.5 Å². The first kappa shape index (κ1) is 41.2. The van der Waals surface area contributed by atoms with E-state index < -0.39 is 0 Å². The van der Waals surface area contributed by atoms with Crippen molar-refractivity contribution in [2.75, 3.05) is 0 Å². The number of hydrogen-bond donors (Lipinski definition) is 0. The van der Waals surface area contributed by atoms with Gasteiger partial charge < -0.3 is 4.57 Å². The van der Waals surface area contributed by atoms with Gasteiger partial charge in [0, 0.05) is 22.0 Å². The molecule has 10 aromatic rings. The lowest BCUT2D eigenvalue weighted by Crippen LogP contribution is -1.98. The van der Waals surface area contributed by atoms with Crippen LogP contribution in [0, 0.1) is 20.8 Å². The van der Waals surface area contributed by atoms with Crippen molar-refractivity contribution < 1.29 is 0 Å². The van der Waals surface area contributed by atoms with Crippen molar-refractivity contribution in [3.63, 3.8) is 0 Å². The lowest BCUT2D eigenvalue weighted by Gasteiger charge is -2.17. The Hall–Kier alpha value is -6.96. The summed E-state index contributed by atoms with van der Waals surface area (Å²) in [6.07, 6.45) is 0. The van der Waals surface area contributed by atoms with E-state index in [-0.39, 0.29) is 0 Å². The van der Waals surface area contributed by atoms with Crippen molar-refractivity contribution in [2.24, 2.45) is 0 Å². The summed E-state index contributed by atoms with van der Waals surface area (Å²) >= 11 is 0. The number of aromatic nitrogens is 1. The van der Waals surface area contributed by atoms with Crippen LogP contribution < -0.4 is 0 Å². The molecule has 60 heavy (non-hydrogen) atoms. The molecular formula is C59H55N. The average molecular weight is 778 g/mol. The summed E-state index contributed by atoms with van der Waals surface area (Å²) < 4.78 is 2.48. The average Bonchev–Trinajstić information content (AvgIpc) is 3.65. The molecule has 0 fully saturated rings. The Labute approximate surface area is 357 Å². The van der Waals surface area contributed by atoms with Gasteiger partial charge in [0.15, 0.2) is 0 Å². The minimum atomic E-state index is 1.17. The van der Waals surface area contributed by atoms with E-state index in [4.69, 9.17) is 0 Å². The molecule has 0 aliphatic heterocycles. The predicted molar refractivity (Wildman–Crippen MR) is 263 cm³/mol. The summed E-state index contributed by atoms with van der Waals surface area (Å²) in [6, 6.07) is 74.4. The third-order valence-electron chi connectivity index (χ3n) is 11.0. The van der Waals surface area contributed by atoms with E-state index >= 15 is 0 Å². The van der Waals surface area contributed by atoms with Gasteiger partial charge in [-0.1, -0.05) is 215 Å². The molecule has 1 heterocycles. The highest BCUT2D eigenvalue weighted by Crippen LogP contribution is 2.43. The number of nitrogens with zero attached hydrogens (tertiary/aromatic N) is 1. The molecule has 0 amide bonds. The molecule has 0 spiro atoms. The van der Waals surface area contributed by atoms with Crippen molar-refractivity contribution >= 4 is 32.6 Å². The smallest absolute Gasteiger partial charge is 0.0625 e. The monoisotopic (exact) mass is 777 g/mol. The largest absolute Gasteiger partial charge is 0.309 e. The third kappa shape index (κ3) is 8.44. The fourth-order valence-corrected chi connectivity index (χ4v) is 8.10. The molecule has 9 aromatic carbocycles. The Morgan fingerprint density at radius 3 is 1.45 bits per heavy atom. The minimum absolute atomic E-state index is 1.17. The molecule has 0 saturated carbocycles. The van der Waals surface area contributed by atoms with Crippen molar-refractivity contribution in [1.82, 2.24) is 4.57 Å². The van der Waals surface area contributed by atoms with Crippen LogP contribution in [0.5, 0.6) is 0 Å². The molecule has 1 aromatic heterocycles. The zero-order valence-electron chi connectivity index (χ0n) is 36.1. The van der Waals surface area contributed by atoms with E-state index in [1.54, 1.807) is 0 Å². The van der Waals surface area contributed by atoms with Crippen LogP contribution in [-0.2, 0) is 0 Å². The summed E-state index contributed by atoms with van der Waals surface area (Å²) in [5.41, 5.74) is 17.6. The van der Waals surface area contributed by atoms with Crippen LogP contribution in [0.1, 0.15) is 44.4 Å². The van der Waals surface area contributed by atoms with Gasteiger partial charge in [0.1, 0.15) is 0 Å². The van der Waals surface area contributed by atoms with Crippen LogP contribution in [-0.4, -0.2) is 4.57 Å². The molecule has 296 valence electrons. The molecule has 0 aliphatic carbocycles. The second-order valence-electron chi connectivity index (χ2n) is 14.7. The van der Waals surface area contributed by atoms with Gasteiger partial charge in [-0.3, -0.25) is 0 Å². The summed E-state index contributed by atoms with van der Waals surface area (Å²) in [6.45, 7) is 14.5. The molecule has 0 bridgehead atoms. The summed E-state index contributed by atoms with van der Waals surface area (Å²) in [5.74, 6) is 0. The zero-order valence-corrected chi connectivity index (χ0v) is 36.1. The Kier molecular flexibility index (Phi) is 13.2. The van der Waals surface area contributed by atoms with Crippen LogP contribution >= 0.6 is 0 Å². The van der Waals surface area contributed by atoms with Gasteiger partial charge in [0.2, 0.25) is 0 Å². The SMILES string of the molecule is CC.CC.Cc1ccc(-c2ccccc2)cc1.Cc1ccccc1-c1cc(-n2c3ccccc3c3cc4ccccc4c(-c4ccc(-c5ccccc5)cc4)c32)ccc1C. The third-order valence-corrected chi connectivity index (χ3v) is 11.0. The minimum Gasteiger partial charge on any atom is -0.309 e. The van der Waals surface area contributed by atoms with Gasteiger partial charge in [0.05, 0.1) is 11.0 Å². The van der Waals surface area contributed by atoms with Crippen molar-refractivity contribution in [3.05, 3.63) is 223 Å². The predicted octanol–water partition coefficient (Wildman–Crippen LogP) is 17.3. The molecule has 0 radical (unpaired) electrons. The molecule has 0 N–H and O–H groups in total. The first-order valence-electron chi connectivity index (χ1n) is 21.4. The Morgan fingerprint density at radius 2 is 0.817 bits per heavy atom. The number of hydrogen-bond acceptors (Lipinski definition) is 0. The van der Waals surface area contributed by atoms with Gasteiger partial charge in [-0.25, -0.2) is 0 Å². The zero-order chi connectivity index (χ0) is 42.0. The second-order valence-corrected chi connectivity index (χ2v) is 14.7. The molecule has 0 atom stereocenters. The van der Waals surface area contributed by atoms with E-state index in [1.807, 2.05) is 33.8 Å². The van der Waals surface area contributed by atoms with Gasteiger partial charge in [0.25, 0.3) is 0 Å². The Bertz CT molecular complexity index is 2950. The quantitative estimate of drug-likeness (QED) is 0.164. The number of fused-ring (bicyclic) bond motifs is 4. The van der Waals surface area contributed by atoms with E-state index in [2.05, 4.69) is 226 Å². The molecule has 0 unspecified atom stereocenters. The Morgan fingerprint density at radius 1 is 0.333 bits per heavy atom.